The zero-order valence-electron chi connectivity index (χ0n) is 59.2. The maximum atomic E-state index is 6.53. The molecule has 9 aliphatic rings. The minimum Gasteiger partial charge on any atom is -0.458 e. The molecule has 9 heterocycles. The summed E-state index contributed by atoms with van der Waals surface area (Å²) in [7, 11) is 0. The van der Waals surface area contributed by atoms with Crippen LogP contribution in [-0.2, 0) is 0 Å². The summed E-state index contributed by atoms with van der Waals surface area (Å²) >= 11 is 1.81. The number of ether oxygens (including phenoxy) is 8. The van der Waals surface area contributed by atoms with Gasteiger partial charge in [-0.1, -0.05) is 206 Å². The molecule has 15 heteroatoms. The van der Waals surface area contributed by atoms with Gasteiger partial charge in [-0.3, -0.25) is 0 Å². The van der Waals surface area contributed by atoms with Crippen LogP contribution >= 0.6 is 11.8 Å². The average Bonchev–Trinajstić information content (AvgIpc) is 0.726. The lowest BCUT2D eigenvalue weighted by Gasteiger charge is -2.36. The molecule has 111 heavy (non-hydrogen) atoms. The van der Waals surface area contributed by atoms with Crippen LogP contribution < -0.4 is 102 Å². The zero-order chi connectivity index (χ0) is 72.8. The minimum atomic E-state index is 0.0632. The molecule has 520 valence electrons. The Hall–Kier alpha value is -14.1. The number of para-hydroxylation sites is 16. The highest BCUT2D eigenvalue weighted by Gasteiger charge is 2.45. The van der Waals surface area contributed by atoms with E-state index in [1.807, 2.05) is 133 Å². The Balaban J connectivity index is 0.000000100. The van der Waals surface area contributed by atoms with Crippen molar-refractivity contribution in [3.05, 3.63) is 352 Å². The van der Waals surface area contributed by atoms with Crippen LogP contribution in [0.1, 0.15) is 0 Å². The summed E-state index contributed by atoms with van der Waals surface area (Å²) in [5, 5.41) is 0. The lowest BCUT2D eigenvalue weighted by atomic mass is 9.35. The standard InChI is InChI=1S/C36H22BNO3.C30H18BNO3.C30H18BNO2S/c1-5-13-30-26(9-1)37-27-10-2-6-14-31(27)40-35-22-24(21-34(39-30)36(35)37)23-17-19-25(20-18-23)38-28-11-3-7-15-32(28)41-33-16-8-4-12-29(33)38;1-5-13-24-20(9-1)31-21-10-2-6-14-25(21)34-29-18-19(17-28(33-24)30(29)31)32-22-11-3-7-15-26(22)35-27-16-8-4-12-23(27)32;1-5-13-24-20(9-1)31-21-10-2-6-14-25(21)34-27-18-19(17-26(33-24)30(27)31)32-22-11-3-7-15-28(22)35-29-16-8-4-12-23(29)32/h1-22H;2*1-18H. The molecule has 0 N–H and O–H groups in total. The molecular formula is C96H58B3N3O8S. The van der Waals surface area contributed by atoms with E-state index in [9.17, 15) is 0 Å². The van der Waals surface area contributed by atoms with Crippen molar-refractivity contribution in [2.45, 2.75) is 9.79 Å². The molecule has 0 radical (unpaired) electrons. The fraction of sp³-hybridized carbons (Fsp3) is 0. The average molecular weight is 1450 g/mol. The summed E-state index contributed by atoms with van der Waals surface area (Å²) in [5.74, 6) is 13.7. The van der Waals surface area contributed by atoms with Crippen molar-refractivity contribution in [3.8, 4) is 103 Å². The van der Waals surface area contributed by atoms with Gasteiger partial charge in [-0.05, 0) is 177 Å². The maximum absolute atomic E-state index is 6.53. The third kappa shape index (κ3) is 10.2. The Labute approximate surface area is 645 Å². The Bertz CT molecular complexity index is 5980. The highest BCUT2D eigenvalue weighted by atomic mass is 32.2. The third-order valence-corrected chi connectivity index (χ3v) is 23.2. The zero-order valence-corrected chi connectivity index (χ0v) is 60.1. The summed E-state index contributed by atoms with van der Waals surface area (Å²) in [6, 6.07) is 121. The van der Waals surface area contributed by atoms with E-state index in [1.165, 1.54) is 31.6 Å². The fourth-order valence-corrected chi connectivity index (χ4v) is 18.4. The molecule has 0 fully saturated rings. The summed E-state index contributed by atoms with van der Waals surface area (Å²) in [6.07, 6.45) is 0. The molecule has 0 aromatic heterocycles. The van der Waals surface area contributed by atoms with Crippen LogP contribution in [-0.4, -0.2) is 20.1 Å². The van der Waals surface area contributed by atoms with E-state index in [2.05, 4.69) is 245 Å². The molecule has 11 nitrogen and oxygen atoms in total. The van der Waals surface area contributed by atoms with Gasteiger partial charge in [-0.25, -0.2) is 0 Å². The van der Waals surface area contributed by atoms with Crippen LogP contribution in [0.15, 0.2) is 362 Å². The van der Waals surface area contributed by atoms with Crippen LogP contribution in [0.4, 0.5) is 51.2 Å². The number of anilines is 9. The van der Waals surface area contributed by atoms with E-state index < -0.39 is 0 Å². The Kier molecular flexibility index (Phi) is 14.3. The molecule has 0 atom stereocenters. The lowest BCUT2D eigenvalue weighted by Crippen LogP contribution is -2.57. The Morgan fingerprint density at radius 1 is 0.180 bits per heavy atom. The van der Waals surface area contributed by atoms with E-state index >= 15 is 0 Å². The number of nitrogens with zero attached hydrogens (tertiary/aromatic N) is 3. The summed E-state index contributed by atoms with van der Waals surface area (Å²) < 4.78 is 51.5. The molecule has 0 bridgehead atoms. The van der Waals surface area contributed by atoms with Gasteiger partial charge in [0, 0.05) is 56.1 Å². The number of hydrogen-bond acceptors (Lipinski definition) is 12. The van der Waals surface area contributed by atoms with Gasteiger partial charge < -0.3 is 52.6 Å². The quantitative estimate of drug-likeness (QED) is 0.157. The Morgan fingerprint density at radius 3 is 0.712 bits per heavy atom. The summed E-state index contributed by atoms with van der Waals surface area (Å²) in [4.78, 5) is 9.24. The maximum Gasteiger partial charge on any atom is 0.260 e. The fourth-order valence-electron chi connectivity index (χ4n) is 17.3. The van der Waals surface area contributed by atoms with E-state index in [1.54, 1.807) is 0 Å². The van der Waals surface area contributed by atoms with Gasteiger partial charge >= 0.3 is 0 Å². The molecule has 16 aromatic rings. The van der Waals surface area contributed by atoms with Crippen molar-refractivity contribution in [2.75, 3.05) is 14.7 Å². The molecular weight excluding hydrogens is 1390 g/mol. The van der Waals surface area contributed by atoms with Gasteiger partial charge in [0.25, 0.3) is 20.1 Å². The summed E-state index contributed by atoms with van der Waals surface area (Å²) in [5.41, 5.74) is 21.7. The predicted octanol–water partition coefficient (Wildman–Crippen LogP) is 20.0. The van der Waals surface area contributed by atoms with Crippen LogP contribution in [0.25, 0.3) is 11.1 Å². The molecule has 0 unspecified atom stereocenters. The first-order valence-electron chi connectivity index (χ1n) is 37.2. The number of rotatable bonds is 4. The molecule has 25 rings (SSSR count). The van der Waals surface area contributed by atoms with Crippen molar-refractivity contribution in [1.29, 1.82) is 0 Å². The number of benzene rings is 16. The molecule has 0 spiro atoms. The molecule has 0 saturated carbocycles. The van der Waals surface area contributed by atoms with Gasteiger partial charge in [0.2, 0.25) is 0 Å². The highest BCUT2D eigenvalue weighted by Crippen LogP contribution is 2.56. The van der Waals surface area contributed by atoms with Crippen LogP contribution in [0, 0.1) is 0 Å². The minimum absolute atomic E-state index is 0.0632. The van der Waals surface area contributed by atoms with Gasteiger partial charge in [0.05, 0.1) is 45.5 Å². The first-order valence-corrected chi connectivity index (χ1v) is 38.1. The largest absolute Gasteiger partial charge is 0.458 e. The van der Waals surface area contributed by atoms with Crippen molar-refractivity contribution in [2.24, 2.45) is 0 Å². The SMILES string of the molecule is c1ccc2c(c1)Oc1cc(-c3ccc(N4c5ccccc5Oc5ccccc54)cc3)cc3c1B2c1ccccc1O3.c1ccc2c(c1)Oc1cc(N3c4ccccc4Oc4ccccc43)cc3c1B2c1ccccc1O3.c1ccc2c(c1)Oc1cc(N3c4ccccc4Sc4ccccc43)cc3c1B2c1ccccc1O3. The first kappa shape index (κ1) is 63.0. The van der Waals surface area contributed by atoms with Crippen molar-refractivity contribution >= 4 is 132 Å². The van der Waals surface area contributed by atoms with Gasteiger partial charge in [0.15, 0.2) is 23.0 Å². The van der Waals surface area contributed by atoms with Crippen LogP contribution in [0.3, 0.4) is 0 Å². The van der Waals surface area contributed by atoms with Gasteiger partial charge in [-0.2, -0.15) is 0 Å². The van der Waals surface area contributed by atoms with Crippen molar-refractivity contribution < 1.29 is 37.9 Å². The predicted molar refractivity (Wildman–Crippen MR) is 446 cm³/mol. The Morgan fingerprint density at radius 2 is 0.405 bits per heavy atom. The first-order chi connectivity index (χ1) is 55.0. The number of hydrogen-bond donors (Lipinski definition) is 0. The molecule has 16 aromatic carbocycles. The third-order valence-electron chi connectivity index (χ3n) is 22.1. The summed E-state index contributed by atoms with van der Waals surface area (Å²) in [6.45, 7) is 0.224. The normalized spacial score (nSPS) is 13.7. The lowest BCUT2D eigenvalue weighted by molar-refractivity contribution is 0.463. The van der Waals surface area contributed by atoms with E-state index in [0.29, 0.717) is 0 Å². The highest BCUT2D eigenvalue weighted by molar-refractivity contribution is 7.99. The number of fused-ring (bicyclic) bond motifs is 18. The van der Waals surface area contributed by atoms with E-state index in [4.69, 9.17) is 37.9 Å². The van der Waals surface area contributed by atoms with Gasteiger partial charge in [-0.15, -0.1) is 0 Å². The van der Waals surface area contributed by atoms with Crippen LogP contribution in [0.2, 0.25) is 0 Å². The molecule has 0 aliphatic carbocycles. The van der Waals surface area contributed by atoms with Gasteiger partial charge in [0.1, 0.15) is 69.0 Å². The van der Waals surface area contributed by atoms with E-state index in [-0.39, 0.29) is 20.1 Å². The van der Waals surface area contributed by atoms with E-state index in [0.717, 1.165) is 182 Å². The second-order valence-electron chi connectivity index (χ2n) is 28.4. The van der Waals surface area contributed by atoms with Crippen LogP contribution in [0.5, 0.6) is 92.0 Å². The second kappa shape index (κ2) is 25.2. The monoisotopic (exact) mass is 1450 g/mol. The smallest absolute Gasteiger partial charge is 0.260 e. The topological polar surface area (TPSA) is 83.6 Å². The van der Waals surface area contributed by atoms with Crippen molar-refractivity contribution in [1.82, 2.24) is 0 Å². The molecule has 0 amide bonds. The second-order valence-corrected chi connectivity index (χ2v) is 29.5. The molecule has 9 aliphatic heterocycles. The molecule has 0 saturated heterocycles. The van der Waals surface area contributed by atoms with Crippen molar-refractivity contribution in [3.63, 3.8) is 0 Å².